The topological polar surface area (TPSA) is 271 Å². The van der Waals surface area contributed by atoms with E-state index in [2.05, 4.69) is 54.2 Å². The number of benzene rings is 5. The maximum Gasteiger partial charge on any atom is 0.522 e. The van der Waals surface area contributed by atoms with E-state index in [1.165, 1.54) is 80.8 Å². The van der Waals surface area contributed by atoms with Gasteiger partial charge in [-0.2, -0.15) is 69.9 Å². The number of aromatic carboxylic acids is 1. The Labute approximate surface area is 690 Å². The molecule has 0 spiro atoms. The van der Waals surface area contributed by atoms with Gasteiger partial charge in [0.2, 0.25) is 107 Å². The van der Waals surface area contributed by atoms with Crippen LogP contribution in [0, 0.1) is 135 Å². The number of alkyl halides is 3. The molecule has 21 nitrogen and oxygen atoms in total. The van der Waals surface area contributed by atoms with Gasteiger partial charge in [-0.05, 0) is 68.2 Å². The first-order chi connectivity index (χ1) is 56.1. The van der Waals surface area contributed by atoms with E-state index in [0.717, 1.165) is 36.9 Å². The van der Waals surface area contributed by atoms with Crippen molar-refractivity contribution in [2.45, 2.75) is 25.1 Å². The molecular formula is C72H51Cl3F24N7O14SSi+. The highest BCUT2D eigenvalue weighted by Gasteiger charge is 2.49. The fraction of sp³-hybridized carbons (Fsp3) is 0.139. The minimum atomic E-state index is -5.39. The zero-order valence-electron chi connectivity index (χ0n) is 63.2. The van der Waals surface area contributed by atoms with Gasteiger partial charge in [-0.1, -0.05) is 23.2 Å². The fourth-order valence-corrected chi connectivity index (χ4v) is 10.6. The zero-order valence-corrected chi connectivity index (χ0v) is 66.2. The van der Waals surface area contributed by atoms with Crippen LogP contribution in [0.5, 0.6) is 28.7 Å². The summed E-state index contributed by atoms with van der Waals surface area (Å²) in [7, 11) is 2.98. The highest BCUT2D eigenvalue weighted by molar-refractivity contribution is 7.88. The van der Waals surface area contributed by atoms with Gasteiger partial charge in [0.25, 0.3) is 0 Å². The van der Waals surface area contributed by atoms with Crippen molar-refractivity contribution in [2.24, 2.45) is 0 Å². The predicted molar refractivity (Wildman–Crippen MR) is 379 cm³/mol. The summed E-state index contributed by atoms with van der Waals surface area (Å²) in [5, 5.41) is 17.1. The fourth-order valence-electron chi connectivity index (χ4n) is 7.41. The number of rotatable bonds is 13. The Balaban J connectivity index is 0.000000492. The molecule has 0 fully saturated rings. The molecule has 0 aliphatic carbocycles. The summed E-state index contributed by atoms with van der Waals surface area (Å²) in [6, 6.07) is 12.7. The quantitative estimate of drug-likeness (QED) is 0.0125. The molecule has 0 bridgehead atoms. The second-order valence-corrected chi connectivity index (χ2v) is 31.9. The molecule has 0 saturated carbocycles. The summed E-state index contributed by atoms with van der Waals surface area (Å²) in [5.41, 5.74) is -5.96. The first-order valence-corrected chi connectivity index (χ1v) is 37.0. The number of aromatic nitrogens is 5. The number of ether oxygens (including phenoxy) is 4. The molecule has 656 valence electrons. The van der Waals surface area contributed by atoms with Crippen molar-refractivity contribution in [2.75, 3.05) is 42.3 Å². The van der Waals surface area contributed by atoms with E-state index in [1.54, 1.807) is 0 Å². The molecule has 0 aliphatic rings. The van der Waals surface area contributed by atoms with Crippen LogP contribution in [0.25, 0.3) is 0 Å². The number of quaternary nitrogens is 2. The average molecular weight is 1860 g/mol. The van der Waals surface area contributed by atoms with E-state index < -0.39 is 205 Å². The average Bonchev–Trinajstić information content (AvgIpc) is 0.823. The van der Waals surface area contributed by atoms with Crippen LogP contribution in [-0.2, 0) is 14.0 Å². The van der Waals surface area contributed by atoms with E-state index in [9.17, 15) is 138 Å². The lowest BCUT2D eigenvalue weighted by Crippen LogP contribution is -3.00. The van der Waals surface area contributed by atoms with Gasteiger partial charge in [-0.15, -0.1) is 12.8 Å². The third kappa shape index (κ3) is 30.5. The molecule has 5 heterocycles. The summed E-state index contributed by atoms with van der Waals surface area (Å²) < 4.78 is 355. The van der Waals surface area contributed by atoms with Gasteiger partial charge in [-0.25, -0.2) is 92.8 Å². The first kappa shape index (κ1) is 104. The Bertz CT molecular complexity index is 5240. The molecule has 0 atom stereocenters. The SMILES string of the molecule is C[N+](C)(C)c1ccc(C(=O)Oc2c(F)c(F)cc(F)c2F)cn1.C[N+](C)(C)c1ccc(C(=O)Oc2c(F)c(F)cc(F)c2F)cn1.C[Si](C)(C)OS(=O)(=O)C(F)(F)F.O=C(O)c1ccc(Cl)nc1.O=C(Oc1c(F)c(F)cc(F)c1F)c1ccc(Cl)nc1.O=C(Oc1c(F)c(F)cc(F)c1F)c1ccc([18F])nc1.Oc1c(F)c(F)cc(F)c1F.[2H]C#C.[Cl-]. The van der Waals surface area contributed by atoms with Crippen LogP contribution >= 0.6 is 23.2 Å². The van der Waals surface area contributed by atoms with Crippen molar-refractivity contribution < 1.29 is 185 Å². The molecule has 2 N–H and O–H groups in total. The summed E-state index contributed by atoms with van der Waals surface area (Å²) in [4.78, 5) is 75.3. The predicted octanol–water partition coefficient (Wildman–Crippen LogP) is 14.9. The van der Waals surface area contributed by atoms with Crippen molar-refractivity contribution in [1.29, 1.82) is 0 Å². The van der Waals surface area contributed by atoms with Crippen LogP contribution in [0.1, 0.15) is 53.2 Å². The molecule has 5 aromatic carbocycles. The molecule has 10 aromatic rings. The number of halogens is 27. The highest BCUT2D eigenvalue weighted by Crippen LogP contribution is 2.34. The maximum atomic E-state index is 13.5. The lowest BCUT2D eigenvalue weighted by atomic mass is 10.2. The van der Waals surface area contributed by atoms with E-state index in [4.69, 9.17) is 34.8 Å². The lowest BCUT2D eigenvalue weighted by molar-refractivity contribution is -0.0503. The Hall–Kier alpha value is -12.2. The van der Waals surface area contributed by atoms with Crippen LogP contribution in [0.3, 0.4) is 0 Å². The standard InChI is InChI=1S/2C15H13F4N2O2.C12H4ClF4NO2.C12H4F5NO2.C6H4ClNO2.C6H2F4O.C4H9F3O3SSi.C2H2.ClH/c2*1-21(2,3)11-5-4-8(7-20-11)15(22)23-14-12(18)9(16)6-10(17)13(14)19;13-8-2-1-5(4-18-8)12(19)20-11-9(16)6(14)3-7(15)10(11)17;13-6-3-7(14)10(17)11(9(6)16)20-12(19)5-1-2-8(15)18-4-5;7-5-2-1-4(3-8-5)6(9)10;7-2-1-3(8)5(10)6(11)4(2)9;1-12(2,3)10-11(8,9)4(5,6)7;1-2;/h2*4-7H,1-3H3;2*1-4H;1-3H,(H,9,10);1,11H;1-3H3;1-2H;1H/q2*+1;;;;;;;/p-1/i;;;15-1;;;;1D;. The van der Waals surface area contributed by atoms with Crippen LogP contribution in [0.15, 0.2) is 122 Å². The minimum Gasteiger partial charge on any atom is -1.00 e. The molecular weight excluding hydrogens is 1810 g/mol. The van der Waals surface area contributed by atoms with Gasteiger partial charge in [0.15, 0.2) is 63.9 Å². The molecule has 0 unspecified atom stereocenters. The number of phenols is 1. The summed E-state index contributed by atoms with van der Waals surface area (Å²) >= 11 is 10.9. The molecule has 122 heavy (non-hydrogen) atoms. The van der Waals surface area contributed by atoms with Crippen molar-refractivity contribution in [3.05, 3.63) is 282 Å². The smallest absolute Gasteiger partial charge is 0.522 e. The third-order valence-corrected chi connectivity index (χ3v) is 16.9. The number of esters is 4. The van der Waals surface area contributed by atoms with Gasteiger partial charge in [0.1, 0.15) is 11.7 Å². The number of pyridine rings is 5. The molecule has 10 rings (SSSR count). The van der Waals surface area contributed by atoms with Gasteiger partial charge in [0, 0.05) is 73.4 Å². The molecule has 5 aromatic heterocycles. The van der Waals surface area contributed by atoms with Gasteiger partial charge >= 0.3 is 45.5 Å². The molecule has 0 saturated heterocycles. The Kier molecular flexibility index (Phi) is 38.3. The minimum absolute atomic E-state index is 0. The first-order valence-electron chi connectivity index (χ1n) is 31.9. The number of carboxylic acid groups (broad SMARTS) is 1. The van der Waals surface area contributed by atoms with Crippen LogP contribution in [0.2, 0.25) is 29.9 Å². The van der Waals surface area contributed by atoms with Gasteiger partial charge in [0.05, 0.1) is 70.1 Å². The maximum absolute atomic E-state index is 13.5. The zero-order chi connectivity index (χ0) is 93.5. The number of hydrogen-bond donors (Lipinski definition) is 2. The van der Waals surface area contributed by atoms with Crippen molar-refractivity contribution in [3.63, 3.8) is 0 Å². The molecule has 50 heteroatoms. The van der Waals surface area contributed by atoms with Crippen LogP contribution < -0.4 is 40.3 Å². The van der Waals surface area contributed by atoms with E-state index in [1.807, 2.05) is 42.3 Å². The van der Waals surface area contributed by atoms with E-state index >= 15 is 0 Å². The number of nitrogens with zero attached hydrogens (tertiary/aromatic N) is 7. The lowest BCUT2D eigenvalue weighted by Gasteiger charge is -2.21. The molecule has 0 radical (unpaired) electrons. The van der Waals surface area contributed by atoms with Crippen molar-refractivity contribution in [3.8, 4) is 41.6 Å². The summed E-state index contributed by atoms with van der Waals surface area (Å²) in [6.45, 7) is 4.07. The monoisotopic (exact) mass is 1860 g/mol. The number of carbonyl (C=O) groups is 5. The highest BCUT2D eigenvalue weighted by atomic mass is 35.5. The number of terminal acetylenes is 1. The summed E-state index contributed by atoms with van der Waals surface area (Å²) in [5.74, 6) is -47.8. The largest absolute Gasteiger partial charge is 1.00 e. The third-order valence-electron chi connectivity index (χ3n) is 13.0. The number of phenolic OH excluding ortho intramolecular Hbond substituents is 1. The Morgan fingerprint density at radius 3 is 0.803 bits per heavy atom. The number of carboxylic acids is 1. The van der Waals surface area contributed by atoms with Crippen LogP contribution in [0.4, 0.5) is 117 Å². The van der Waals surface area contributed by atoms with Crippen molar-refractivity contribution in [1.82, 2.24) is 33.9 Å². The number of carbonyl (C=O) groups excluding carboxylic acids is 4. The van der Waals surface area contributed by atoms with Crippen LogP contribution in [-0.4, -0.2) is 130 Å². The van der Waals surface area contributed by atoms with Crippen molar-refractivity contribution >= 4 is 83.1 Å². The Morgan fingerprint density at radius 2 is 0.623 bits per heavy atom. The van der Waals surface area contributed by atoms with Gasteiger partial charge < -0.3 is 45.4 Å². The van der Waals surface area contributed by atoms with E-state index in [-0.39, 0.29) is 75.7 Å². The van der Waals surface area contributed by atoms with Gasteiger partial charge in [-0.3, -0.25) is 8.97 Å². The summed E-state index contributed by atoms with van der Waals surface area (Å²) in [6.07, 6.45) is 11.0. The van der Waals surface area contributed by atoms with E-state index in [0.29, 0.717) is 25.8 Å². The molecule has 0 aliphatic heterocycles. The second-order valence-electron chi connectivity index (χ2n) is 24.9. The number of aromatic hydroxyl groups is 1. The Morgan fingerprint density at radius 1 is 0.402 bits per heavy atom. The normalized spacial score (nSPS) is 11.0. The second kappa shape index (κ2) is 44.9. The molecule has 0 amide bonds. The number of hydrogen-bond acceptors (Lipinski definition) is 18.